The first-order valence-electron chi connectivity index (χ1n) is 8.47. The molecule has 26 heavy (non-hydrogen) atoms. The average molecular weight is 366 g/mol. The van der Waals surface area contributed by atoms with Crippen molar-refractivity contribution in [3.63, 3.8) is 0 Å². The lowest BCUT2D eigenvalue weighted by molar-refractivity contribution is 0.293. The van der Waals surface area contributed by atoms with Crippen LogP contribution in [0.5, 0.6) is 5.88 Å². The fourth-order valence-electron chi connectivity index (χ4n) is 2.36. The van der Waals surface area contributed by atoms with Crippen molar-refractivity contribution in [1.82, 2.24) is 10.3 Å². The van der Waals surface area contributed by atoms with Gasteiger partial charge < -0.3 is 15.8 Å². The first kappa shape index (κ1) is 17.9. The molecule has 6 heteroatoms. The molecule has 0 atom stereocenters. The third-order valence-electron chi connectivity index (χ3n) is 3.72. The monoisotopic (exact) mass is 366 g/mol. The van der Waals surface area contributed by atoms with Gasteiger partial charge in [-0.2, -0.15) is 0 Å². The number of hydrogen-bond acceptors (Lipinski definition) is 4. The SMILES string of the molecule is NC(=NCc1ccnc(OCc2ccccc2)c1)NCCc1cccs1. The first-order chi connectivity index (χ1) is 12.8. The summed E-state index contributed by atoms with van der Waals surface area (Å²) in [5, 5.41) is 5.22. The van der Waals surface area contributed by atoms with Crippen molar-refractivity contribution in [1.29, 1.82) is 0 Å². The number of hydrogen-bond donors (Lipinski definition) is 2. The lowest BCUT2D eigenvalue weighted by Crippen LogP contribution is -2.33. The molecule has 0 aliphatic heterocycles. The van der Waals surface area contributed by atoms with Gasteiger partial charge in [0.15, 0.2) is 5.96 Å². The van der Waals surface area contributed by atoms with Gasteiger partial charge in [0.2, 0.25) is 5.88 Å². The number of ether oxygens (including phenoxy) is 1. The number of aliphatic imine (C=N–C) groups is 1. The number of pyridine rings is 1. The van der Waals surface area contributed by atoms with Crippen molar-refractivity contribution >= 4 is 17.3 Å². The highest BCUT2D eigenvalue weighted by Crippen LogP contribution is 2.12. The fraction of sp³-hybridized carbons (Fsp3) is 0.200. The molecule has 0 spiro atoms. The lowest BCUT2D eigenvalue weighted by Gasteiger charge is -2.07. The second kappa shape index (κ2) is 9.58. The van der Waals surface area contributed by atoms with Crippen molar-refractivity contribution in [2.45, 2.75) is 19.6 Å². The lowest BCUT2D eigenvalue weighted by atomic mass is 10.2. The molecule has 0 aliphatic carbocycles. The highest BCUT2D eigenvalue weighted by atomic mass is 32.1. The molecule has 1 aromatic carbocycles. The molecule has 3 rings (SSSR count). The largest absolute Gasteiger partial charge is 0.473 e. The van der Waals surface area contributed by atoms with Gasteiger partial charge in [-0.3, -0.25) is 0 Å². The van der Waals surface area contributed by atoms with E-state index in [4.69, 9.17) is 10.5 Å². The summed E-state index contributed by atoms with van der Waals surface area (Å²) in [6.07, 6.45) is 2.67. The molecule has 0 unspecified atom stereocenters. The van der Waals surface area contributed by atoms with E-state index in [2.05, 4.69) is 32.8 Å². The Balaban J connectivity index is 1.46. The summed E-state index contributed by atoms with van der Waals surface area (Å²) in [6.45, 7) is 1.76. The molecule has 5 nitrogen and oxygen atoms in total. The molecule has 0 saturated carbocycles. The van der Waals surface area contributed by atoms with Crippen LogP contribution in [-0.4, -0.2) is 17.5 Å². The Labute approximate surface area is 157 Å². The molecule has 2 heterocycles. The number of nitrogens with zero attached hydrogens (tertiary/aromatic N) is 2. The van der Waals surface area contributed by atoms with E-state index in [1.165, 1.54) is 4.88 Å². The van der Waals surface area contributed by atoms with Crippen LogP contribution in [0.3, 0.4) is 0 Å². The van der Waals surface area contributed by atoms with Crippen LogP contribution in [0.15, 0.2) is 71.2 Å². The number of rotatable bonds is 8. The normalized spacial score (nSPS) is 11.3. The van der Waals surface area contributed by atoms with E-state index >= 15 is 0 Å². The summed E-state index contributed by atoms with van der Waals surface area (Å²) in [5.74, 6) is 1.04. The minimum Gasteiger partial charge on any atom is -0.473 e. The molecular formula is C20H22N4OS. The Morgan fingerprint density at radius 3 is 2.81 bits per heavy atom. The molecule has 0 saturated heterocycles. The van der Waals surface area contributed by atoms with Crippen molar-refractivity contribution in [2.75, 3.05) is 6.54 Å². The molecule has 0 radical (unpaired) electrons. The molecule has 2 aromatic heterocycles. The quantitative estimate of drug-likeness (QED) is 0.474. The maximum absolute atomic E-state index is 5.93. The fourth-order valence-corrected chi connectivity index (χ4v) is 3.07. The average Bonchev–Trinajstić information content (AvgIpc) is 3.19. The van der Waals surface area contributed by atoms with E-state index in [0.717, 1.165) is 24.1 Å². The predicted octanol–water partition coefficient (Wildman–Crippen LogP) is 3.37. The van der Waals surface area contributed by atoms with Crippen LogP contribution in [0.25, 0.3) is 0 Å². The van der Waals surface area contributed by atoms with Crippen LogP contribution in [0.4, 0.5) is 0 Å². The van der Waals surface area contributed by atoms with Gasteiger partial charge in [-0.25, -0.2) is 9.98 Å². The molecule has 0 aliphatic rings. The van der Waals surface area contributed by atoms with E-state index in [-0.39, 0.29) is 0 Å². The zero-order valence-electron chi connectivity index (χ0n) is 14.5. The number of aromatic nitrogens is 1. The summed E-state index contributed by atoms with van der Waals surface area (Å²) in [5.41, 5.74) is 8.04. The Bertz CT molecular complexity index is 819. The van der Waals surface area contributed by atoms with Crippen molar-refractivity contribution in [3.8, 4) is 5.88 Å². The summed E-state index contributed by atoms with van der Waals surface area (Å²) >= 11 is 1.75. The van der Waals surface area contributed by atoms with E-state index < -0.39 is 0 Å². The van der Waals surface area contributed by atoms with E-state index in [1.807, 2.05) is 42.5 Å². The minimum atomic E-state index is 0.449. The summed E-state index contributed by atoms with van der Waals surface area (Å²) in [7, 11) is 0. The second-order valence-electron chi connectivity index (χ2n) is 5.73. The minimum absolute atomic E-state index is 0.449. The van der Waals surface area contributed by atoms with Crippen molar-refractivity contribution in [2.24, 2.45) is 10.7 Å². The third-order valence-corrected chi connectivity index (χ3v) is 4.65. The Hall–Kier alpha value is -2.86. The second-order valence-corrected chi connectivity index (χ2v) is 6.77. The maximum atomic E-state index is 5.93. The molecule has 0 bridgehead atoms. The summed E-state index contributed by atoms with van der Waals surface area (Å²) < 4.78 is 5.74. The molecule has 0 fully saturated rings. The van der Waals surface area contributed by atoms with Gasteiger partial charge >= 0.3 is 0 Å². The molecule has 0 amide bonds. The van der Waals surface area contributed by atoms with Crippen LogP contribution < -0.4 is 15.8 Å². The van der Waals surface area contributed by atoms with Crippen LogP contribution in [0, 0.1) is 0 Å². The zero-order chi connectivity index (χ0) is 18.0. The number of thiophene rings is 1. The highest BCUT2D eigenvalue weighted by Gasteiger charge is 2.00. The number of nitrogens with two attached hydrogens (primary N) is 1. The van der Waals surface area contributed by atoms with Crippen LogP contribution in [0.2, 0.25) is 0 Å². The van der Waals surface area contributed by atoms with E-state index in [0.29, 0.717) is 25.0 Å². The van der Waals surface area contributed by atoms with Crippen LogP contribution >= 0.6 is 11.3 Å². The van der Waals surface area contributed by atoms with Gasteiger partial charge in [0, 0.05) is 23.7 Å². The Morgan fingerprint density at radius 1 is 1.12 bits per heavy atom. The first-order valence-corrected chi connectivity index (χ1v) is 9.35. The smallest absolute Gasteiger partial charge is 0.213 e. The van der Waals surface area contributed by atoms with Crippen LogP contribution in [-0.2, 0) is 19.6 Å². The Morgan fingerprint density at radius 2 is 2.00 bits per heavy atom. The number of guanidine groups is 1. The third kappa shape index (κ3) is 5.89. The molecule has 134 valence electrons. The van der Waals surface area contributed by atoms with E-state index in [9.17, 15) is 0 Å². The zero-order valence-corrected chi connectivity index (χ0v) is 15.3. The molecule has 3 aromatic rings. The summed E-state index contributed by atoms with van der Waals surface area (Å²) in [6, 6.07) is 18.0. The van der Waals surface area contributed by atoms with Crippen molar-refractivity contribution in [3.05, 3.63) is 82.2 Å². The number of benzene rings is 1. The van der Waals surface area contributed by atoms with Gasteiger partial charge in [-0.1, -0.05) is 36.4 Å². The highest BCUT2D eigenvalue weighted by molar-refractivity contribution is 7.09. The van der Waals surface area contributed by atoms with Gasteiger partial charge in [-0.05, 0) is 35.1 Å². The van der Waals surface area contributed by atoms with Gasteiger partial charge in [0.25, 0.3) is 0 Å². The standard InChI is InChI=1S/C20H22N4OS/c21-20(23-11-9-18-7-4-12-26-18)24-14-17-8-10-22-19(13-17)25-15-16-5-2-1-3-6-16/h1-8,10,12-13H,9,11,14-15H2,(H3,21,23,24). The van der Waals surface area contributed by atoms with Crippen molar-refractivity contribution < 1.29 is 4.74 Å². The number of nitrogens with one attached hydrogen (secondary N) is 1. The Kier molecular flexibility index (Phi) is 6.61. The predicted molar refractivity (Wildman–Crippen MR) is 106 cm³/mol. The van der Waals surface area contributed by atoms with Crippen LogP contribution in [0.1, 0.15) is 16.0 Å². The van der Waals surface area contributed by atoms with Gasteiger partial charge in [0.05, 0.1) is 6.54 Å². The topological polar surface area (TPSA) is 72.5 Å². The summed E-state index contributed by atoms with van der Waals surface area (Å²) in [4.78, 5) is 9.95. The molecular weight excluding hydrogens is 344 g/mol. The van der Waals surface area contributed by atoms with Gasteiger partial charge in [0.1, 0.15) is 6.61 Å². The van der Waals surface area contributed by atoms with E-state index in [1.54, 1.807) is 17.5 Å². The molecule has 3 N–H and O–H groups in total. The maximum Gasteiger partial charge on any atom is 0.213 e. The van der Waals surface area contributed by atoms with Gasteiger partial charge in [-0.15, -0.1) is 11.3 Å².